The number of aromatic nitrogens is 1. The van der Waals surface area contributed by atoms with Gasteiger partial charge in [-0.05, 0) is 43.2 Å². The molecule has 0 atom stereocenters. The first kappa shape index (κ1) is 15.1. The van der Waals surface area contributed by atoms with Crippen LogP contribution in [-0.4, -0.2) is 17.6 Å². The average Bonchev–Trinajstić information content (AvgIpc) is 2.97. The molecule has 0 radical (unpaired) electrons. The summed E-state index contributed by atoms with van der Waals surface area (Å²) in [5.41, 5.74) is 2.45. The number of para-hydroxylation sites is 1. The van der Waals surface area contributed by atoms with E-state index in [4.69, 9.17) is 4.74 Å². The highest BCUT2D eigenvalue weighted by Crippen LogP contribution is 2.24. The van der Waals surface area contributed by atoms with E-state index < -0.39 is 0 Å². The zero-order chi connectivity index (χ0) is 15.2. The molecule has 0 unspecified atom stereocenters. The smallest absolute Gasteiger partial charge is 0.305 e. The molecule has 1 saturated carbocycles. The van der Waals surface area contributed by atoms with E-state index >= 15 is 0 Å². The molecule has 1 aromatic carbocycles. The lowest BCUT2D eigenvalue weighted by Gasteiger charge is -2.20. The molecule has 3 nitrogen and oxygen atoms in total. The first-order valence-corrected chi connectivity index (χ1v) is 8.53. The minimum atomic E-state index is -0.0367. The van der Waals surface area contributed by atoms with Crippen molar-refractivity contribution >= 4 is 16.9 Å². The molecule has 1 N–H and O–H groups in total. The second-order valence-electron chi connectivity index (χ2n) is 6.40. The summed E-state index contributed by atoms with van der Waals surface area (Å²) < 4.78 is 5.44. The van der Waals surface area contributed by atoms with E-state index in [0.29, 0.717) is 18.9 Å². The molecule has 0 spiro atoms. The largest absolute Gasteiger partial charge is 0.465 e. The Balaban J connectivity index is 1.40. The van der Waals surface area contributed by atoms with Gasteiger partial charge in [0.1, 0.15) is 0 Å². The summed E-state index contributed by atoms with van der Waals surface area (Å²) in [5, 5.41) is 1.26. The number of aryl methyl sites for hydroxylation is 1. The van der Waals surface area contributed by atoms with Gasteiger partial charge in [-0.15, -0.1) is 0 Å². The minimum Gasteiger partial charge on any atom is -0.465 e. The van der Waals surface area contributed by atoms with E-state index in [2.05, 4.69) is 29.4 Å². The molecule has 1 aromatic heterocycles. The number of carbonyl (C=O) groups is 1. The van der Waals surface area contributed by atoms with Crippen LogP contribution >= 0.6 is 0 Å². The summed E-state index contributed by atoms with van der Waals surface area (Å²) in [6, 6.07) is 8.29. The quantitative estimate of drug-likeness (QED) is 0.791. The number of benzene rings is 1. The predicted molar refractivity (Wildman–Crippen MR) is 88.8 cm³/mol. The number of ether oxygens (including phenoxy) is 1. The molecular weight excluding hydrogens is 274 g/mol. The molecule has 1 aliphatic carbocycles. The standard InChI is InChI=1S/C19H25NO2/c21-19(22-14-15-7-2-1-3-8-15)12-6-9-16-13-20-18-11-5-4-10-17(16)18/h4-5,10-11,13,15,20H,1-3,6-9,12,14H2. The predicted octanol–water partition coefficient (Wildman–Crippen LogP) is 4.61. The van der Waals surface area contributed by atoms with Gasteiger partial charge in [0.05, 0.1) is 6.61 Å². The van der Waals surface area contributed by atoms with Crippen molar-refractivity contribution in [1.82, 2.24) is 4.98 Å². The van der Waals surface area contributed by atoms with Crippen LogP contribution in [0.25, 0.3) is 10.9 Å². The van der Waals surface area contributed by atoms with Gasteiger partial charge in [0.25, 0.3) is 0 Å². The van der Waals surface area contributed by atoms with Crippen LogP contribution in [0.2, 0.25) is 0 Å². The van der Waals surface area contributed by atoms with Gasteiger partial charge >= 0.3 is 5.97 Å². The fourth-order valence-corrected chi connectivity index (χ4v) is 3.40. The van der Waals surface area contributed by atoms with Gasteiger partial charge in [-0.2, -0.15) is 0 Å². The Morgan fingerprint density at radius 2 is 2.00 bits per heavy atom. The van der Waals surface area contributed by atoms with Crippen molar-refractivity contribution in [2.75, 3.05) is 6.61 Å². The van der Waals surface area contributed by atoms with Crippen LogP contribution < -0.4 is 0 Å². The highest BCUT2D eigenvalue weighted by molar-refractivity contribution is 5.83. The Bertz CT molecular complexity index is 611. The van der Waals surface area contributed by atoms with E-state index in [-0.39, 0.29) is 5.97 Å². The van der Waals surface area contributed by atoms with Gasteiger partial charge in [0.15, 0.2) is 0 Å². The van der Waals surface area contributed by atoms with Crippen LogP contribution in [0.15, 0.2) is 30.5 Å². The number of rotatable bonds is 6. The van der Waals surface area contributed by atoms with Crippen molar-refractivity contribution in [3.8, 4) is 0 Å². The monoisotopic (exact) mass is 299 g/mol. The minimum absolute atomic E-state index is 0.0367. The lowest BCUT2D eigenvalue weighted by molar-refractivity contribution is -0.145. The first-order valence-electron chi connectivity index (χ1n) is 8.53. The highest BCUT2D eigenvalue weighted by Gasteiger charge is 2.15. The molecule has 0 aliphatic heterocycles. The van der Waals surface area contributed by atoms with Crippen molar-refractivity contribution in [1.29, 1.82) is 0 Å². The molecule has 0 amide bonds. The molecule has 3 rings (SSSR count). The Morgan fingerprint density at radius 1 is 1.18 bits per heavy atom. The Morgan fingerprint density at radius 3 is 2.86 bits per heavy atom. The van der Waals surface area contributed by atoms with E-state index in [0.717, 1.165) is 18.4 Å². The Labute approximate surface area is 132 Å². The topological polar surface area (TPSA) is 42.1 Å². The van der Waals surface area contributed by atoms with Crippen LogP contribution in [-0.2, 0) is 16.0 Å². The van der Waals surface area contributed by atoms with Crippen LogP contribution in [0, 0.1) is 5.92 Å². The van der Waals surface area contributed by atoms with E-state index in [9.17, 15) is 4.79 Å². The van der Waals surface area contributed by atoms with Crippen molar-refractivity contribution in [2.45, 2.75) is 51.4 Å². The molecule has 1 aliphatic rings. The van der Waals surface area contributed by atoms with Gasteiger partial charge in [-0.3, -0.25) is 4.79 Å². The molecule has 3 heteroatoms. The number of hydrogen-bond acceptors (Lipinski definition) is 2. The fourth-order valence-electron chi connectivity index (χ4n) is 3.40. The number of carbonyl (C=O) groups excluding carboxylic acids is 1. The second-order valence-corrected chi connectivity index (χ2v) is 6.40. The van der Waals surface area contributed by atoms with Crippen LogP contribution in [0.3, 0.4) is 0 Å². The summed E-state index contributed by atoms with van der Waals surface area (Å²) in [7, 11) is 0. The van der Waals surface area contributed by atoms with Crippen LogP contribution in [0.1, 0.15) is 50.5 Å². The van der Waals surface area contributed by atoms with E-state index in [1.54, 1.807) is 0 Å². The maximum absolute atomic E-state index is 11.8. The number of esters is 1. The highest BCUT2D eigenvalue weighted by atomic mass is 16.5. The third-order valence-electron chi connectivity index (χ3n) is 4.71. The molecule has 22 heavy (non-hydrogen) atoms. The number of aromatic amines is 1. The maximum atomic E-state index is 11.8. The number of fused-ring (bicyclic) bond motifs is 1. The SMILES string of the molecule is O=C(CCCc1c[nH]c2ccccc12)OCC1CCCCC1. The molecule has 1 heterocycles. The van der Waals surface area contributed by atoms with Crippen molar-refractivity contribution in [3.63, 3.8) is 0 Å². The van der Waals surface area contributed by atoms with Gasteiger partial charge in [-0.1, -0.05) is 37.5 Å². The van der Waals surface area contributed by atoms with E-state index in [1.807, 2.05) is 6.07 Å². The molecule has 2 aromatic rings. The summed E-state index contributed by atoms with van der Waals surface area (Å²) in [5.74, 6) is 0.566. The summed E-state index contributed by atoms with van der Waals surface area (Å²) in [6.07, 6.45) is 10.7. The maximum Gasteiger partial charge on any atom is 0.305 e. The molecule has 1 fully saturated rings. The van der Waals surface area contributed by atoms with Crippen molar-refractivity contribution in [3.05, 3.63) is 36.0 Å². The molecule has 118 valence electrons. The second kappa shape index (κ2) is 7.48. The van der Waals surface area contributed by atoms with Crippen molar-refractivity contribution in [2.24, 2.45) is 5.92 Å². The zero-order valence-electron chi connectivity index (χ0n) is 13.1. The average molecular weight is 299 g/mol. The van der Waals surface area contributed by atoms with Crippen molar-refractivity contribution < 1.29 is 9.53 Å². The number of nitrogens with one attached hydrogen (secondary N) is 1. The zero-order valence-corrected chi connectivity index (χ0v) is 13.1. The van der Waals surface area contributed by atoms with Gasteiger partial charge in [-0.25, -0.2) is 0 Å². The Kier molecular flexibility index (Phi) is 5.15. The van der Waals surface area contributed by atoms with E-state index in [1.165, 1.54) is 43.1 Å². The number of H-pyrrole nitrogens is 1. The van der Waals surface area contributed by atoms with Gasteiger partial charge in [0.2, 0.25) is 0 Å². The normalized spacial score (nSPS) is 16.0. The van der Waals surface area contributed by atoms with Gasteiger partial charge < -0.3 is 9.72 Å². The number of hydrogen-bond donors (Lipinski definition) is 1. The molecule has 0 bridgehead atoms. The lowest BCUT2D eigenvalue weighted by Crippen LogP contribution is -2.16. The summed E-state index contributed by atoms with van der Waals surface area (Å²) in [4.78, 5) is 15.1. The third kappa shape index (κ3) is 3.90. The van der Waals surface area contributed by atoms with Crippen LogP contribution in [0.4, 0.5) is 0 Å². The fraction of sp³-hybridized carbons (Fsp3) is 0.526. The lowest BCUT2D eigenvalue weighted by atomic mass is 9.90. The molecular formula is C19H25NO2. The Hall–Kier alpha value is -1.77. The van der Waals surface area contributed by atoms with Gasteiger partial charge in [0, 0.05) is 23.5 Å². The summed E-state index contributed by atoms with van der Waals surface area (Å²) >= 11 is 0. The van der Waals surface area contributed by atoms with Crippen LogP contribution in [0.5, 0.6) is 0 Å². The third-order valence-corrected chi connectivity index (χ3v) is 4.71. The first-order chi connectivity index (χ1) is 10.8. The molecule has 0 saturated heterocycles. The summed E-state index contributed by atoms with van der Waals surface area (Å²) in [6.45, 7) is 0.631.